The molecule has 3 aromatic carbocycles. The molecule has 12 aromatic rings. The number of imidazole rings is 3. The largest absolute Gasteiger partial charge is 0.490 e. The predicted molar refractivity (Wildman–Crippen MR) is 553 cm³/mol. The van der Waals surface area contributed by atoms with Crippen LogP contribution < -0.4 is 24.8 Å². The van der Waals surface area contributed by atoms with Crippen molar-refractivity contribution in [2.75, 3.05) is 16.8 Å². The number of hydrogen-bond acceptors (Lipinski definition) is 16. The average Bonchev–Trinajstić information content (AvgIpc) is 1.64. The van der Waals surface area contributed by atoms with Crippen LogP contribution in [0.2, 0.25) is 0 Å². The van der Waals surface area contributed by atoms with Crippen molar-refractivity contribution in [2.45, 2.75) is 409 Å². The molecule has 0 spiro atoms. The van der Waals surface area contributed by atoms with Crippen LogP contribution in [0.3, 0.4) is 0 Å². The first kappa shape index (κ1) is 113. The summed E-state index contributed by atoms with van der Waals surface area (Å²) in [5.41, 5.74) is 21.6. The number of para-hydroxylation sites is 3. The third-order valence-corrected chi connectivity index (χ3v) is 23.0. The first-order valence-corrected chi connectivity index (χ1v) is 48.5. The van der Waals surface area contributed by atoms with Crippen molar-refractivity contribution in [1.82, 2.24) is 77.9 Å². The molecule has 10 heterocycles. The molecule has 0 saturated carbocycles. The molecule has 0 saturated heterocycles. The molecule has 2 aliphatic carbocycles. The lowest BCUT2D eigenvalue weighted by atomic mass is 9.77. The normalized spacial score (nSPS) is 12.7. The summed E-state index contributed by atoms with van der Waals surface area (Å²) in [4.78, 5) is 72.6. The molecule has 0 radical (unpaired) electrons. The van der Waals surface area contributed by atoms with Crippen molar-refractivity contribution in [3.63, 3.8) is 0 Å². The van der Waals surface area contributed by atoms with Crippen molar-refractivity contribution < 1.29 is 14.3 Å². The SMILES string of the molecule is CC.CC.CC.Cc1cccc2nc(C)n(C(C)C)c12.Cc1cccnc1N(C)C(C)C.Cc1nc(C)c2c(n1)N(C(C)C)C(=O)CC2.Cc1nc(C)n(C(C)C)c1C.Cc1nc(C)n(C(C)C)n1.Cc1nc2c(c(OC(C)C)c1C)CCCC2.Cc1nc2c(n1C(C)C)C(C)(C)CCC2.Cc1nc2ccccc2c(=O)n1C(C)C.Cc1nc2ccccc2c(OC(C)C)c1C. The van der Waals surface area contributed by atoms with E-state index in [0.717, 1.165) is 133 Å². The Morgan fingerprint density at radius 2 is 0.893 bits per heavy atom. The van der Waals surface area contributed by atoms with Gasteiger partial charge in [-0.05, 0) is 334 Å². The van der Waals surface area contributed by atoms with E-state index in [4.69, 9.17) is 19.4 Å². The Morgan fingerprint density at radius 1 is 0.397 bits per heavy atom. The van der Waals surface area contributed by atoms with Gasteiger partial charge in [0.15, 0.2) is 0 Å². The average molecular weight is 1800 g/mol. The number of rotatable bonds is 12. The lowest BCUT2D eigenvalue weighted by molar-refractivity contribution is -0.119. The molecule has 720 valence electrons. The summed E-state index contributed by atoms with van der Waals surface area (Å²) in [6, 6.07) is 28.6. The van der Waals surface area contributed by atoms with Crippen molar-refractivity contribution in [3.8, 4) is 11.5 Å². The van der Waals surface area contributed by atoms with Crippen molar-refractivity contribution >= 4 is 50.4 Å². The second kappa shape index (κ2) is 52.7. The minimum absolute atomic E-state index is 0.0492. The molecular weight excluding hydrogens is 1630 g/mol. The highest BCUT2D eigenvalue weighted by Gasteiger charge is 2.34. The van der Waals surface area contributed by atoms with E-state index in [0.29, 0.717) is 47.4 Å². The van der Waals surface area contributed by atoms with Crippen LogP contribution in [0.25, 0.3) is 32.8 Å². The van der Waals surface area contributed by atoms with Crippen LogP contribution in [0.4, 0.5) is 11.6 Å². The number of pyridine rings is 3. The van der Waals surface area contributed by atoms with Gasteiger partial charge in [-0.3, -0.25) is 29.0 Å². The van der Waals surface area contributed by atoms with Crippen LogP contribution in [-0.4, -0.2) is 115 Å². The van der Waals surface area contributed by atoms with Gasteiger partial charge in [-0.1, -0.05) is 97.9 Å². The van der Waals surface area contributed by atoms with Gasteiger partial charge in [0.2, 0.25) is 5.91 Å². The zero-order valence-corrected chi connectivity index (χ0v) is 89.3. The number of hydrogen-bond donors (Lipinski definition) is 0. The van der Waals surface area contributed by atoms with Gasteiger partial charge in [-0.2, -0.15) is 5.10 Å². The smallest absolute Gasteiger partial charge is 0.261 e. The number of fused-ring (bicyclic) bond motifs is 6. The van der Waals surface area contributed by atoms with Crippen LogP contribution in [-0.2, 0) is 35.9 Å². The number of carbonyl (C=O) groups excluding carboxylic acids is 1. The quantitative estimate of drug-likeness (QED) is 0.111. The zero-order valence-electron chi connectivity index (χ0n) is 89.3. The van der Waals surface area contributed by atoms with E-state index in [9.17, 15) is 9.59 Å². The number of benzene rings is 3. The van der Waals surface area contributed by atoms with E-state index >= 15 is 0 Å². The van der Waals surface area contributed by atoms with E-state index < -0.39 is 0 Å². The van der Waals surface area contributed by atoms with E-state index in [1.54, 1.807) is 9.47 Å². The Labute approximate surface area is 790 Å². The van der Waals surface area contributed by atoms with Crippen molar-refractivity contribution in [1.29, 1.82) is 0 Å². The van der Waals surface area contributed by atoms with Crippen molar-refractivity contribution in [2.24, 2.45) is 0 Å². The zero-order chi connectivity index (χ0) is 99.2. The van der Waals surface area contributed by atoms with Crippen molar-refractivity contribution in [3.05, 3.63) is 215 Å². The molecule has 0 bridgehead atoms. The third-order valence-electron chi connectivity index (χ3n) is 23.0. The number of ether oxygens (including phenoxy) is 2. The van der Waals surface area contributed by atoms with E-state index in [-0.39, 0.29) is 35.8 Å². The van der Waals surface area contributed by atoms with Crippen LogP contribution in [0.1, 0.15) is 362 Å². The summed E-state index contributed by atoms with van der Waals surface area (Å²) in [5, 5.41) is 6.00. The summed E-state index contributed by atoms with van der Waals surface area (Å²) in [6.07, 6.45) is 12.1. The summed E-state index contributed by atoms with van der Waals surface area (Å²) in [5.74, 6) is 10.9. The summed E-state index contributed by atoms with van der Waals surface area (Å²) in [6.45, 7) is 87.3. The first-order valence-electron chi connectivity index (χ1n) is 48.5. The fraction of sp³-hybridized carbons (Fsp3) is 0.569. The maximum Gasteiger partial charge on any atom is 0.261 e. The highest BCUT2D eigenvalue weighted by Crippen LogP contribution is 2.40. The number of anilines is 2. The van der Waals surface area contributed by atoms with Gasteiger partial charge in [-0.25, -0.2) is 44.6 Å². The molecule has 3 aliphatic rings. The topological polar surface area (TPSA) is 226 Å². The summed E-state index contributed by atoms with van der Waals surface area (Å²) in [7, 11) is 2.07. The maximum absolute atomic E-state index is 12.1. The van der Waals surface area contributed by atoms with Gasteiger partial charge in [-0.15, -0.1) is 0 Å². The highest BCUT2D eigenvalue weighted by atomic mass is 16.5. The maximum atomic E-state index is 12.1. The lowest BCUT2D eigenvalue weighted by Crippen LogP contribution is -2.41. The molecule has 15 rings (SSSR count). The van der Waals surface area contributed by atoms with Crippen LogP contribution in [0, 0.1) is 111 Å². The number of aromatic nitrogens is 16. The fourth-order valence-corrected chi connectivity index (χ4v) is 16.9. The van der Waals surface area contributed by atoms with Gasteiger partial charge >= 0.3 is 0 Å². The van der Waals surface area contributed by atoms with Gasteiger partial charge in [0, 0.05) is 129 Å². The molecule has 1 aliphatic heterocycles. The van der Waals surface area contributed by atoms with Gasteiger partial charge in [0.05, 0.1) is 51.0 Å². The molecule has 0 unspecified atom stereocenters. The molecule has 0 fully saturated rings. The van der Waals surface area contributed by atoms with Crippen LogP contribution >= 0.6 is 0 Å². The summed E-state index contributed by atoms with van der Waals surface area (Å²) >= 11 is 0. The molecule has 22 nitrogen and oxygen atoms in total. The molecule has 0 atom stereocenters. The molecular formula is C109H170N18O4. The minimum Gasteiger partial charge on any atom is -0.490 e. The van der Waals surface area contributed by atoms with Crippen LogP contribution in [0.15, 0.2) is 89.9 Å². The first-order chi connectivity index (χ1) is 61.6. The van der Waals surface area contributed by atoms with Gasteiger partial charge < -0.3 is 28.1 Å². The third kappa shape index (κ3) is 30.3. The number of aryl methyl sites for hydroxylation is 15. The Kier molecular flexibility index (Phi) is 45.3. The fourth-order valence-electron chi connectivity index (χ4n) is 16.9. The van der Waals surface area contributed by atoms with Crippen LogP contribution in [0.5, 0.6) is 11.5 Å². The molecule has 22 heteroatoms. The molecule has 131 heavy (non-hydrogen) atoms. The molecule has 0 N–H and O–H groups in total. The number of nitrogens with zero attached hydrogens (tertiary/aromatic N) is 18. The van der Waals surface area contributed by atoms with E-state index in [2.05, 4.69) is 267 Å². The van der Waals surface area contributed by atoms with Gasteiger partial charge in [0.25, 0.3) is 5.56 Å². The predicted octanol–water partition coefficient (Wildman–Crippen LogP) is 26.9. The number of carbonyl (C=O) groups is 1. The standard InChI is InChI=1S/C14H21NO.C14H17NO.C13H22N2.C12H17N3O.C12H14N2O.C12H16N2.C10H16N2.C9H16N2.C7H13N3.3C2H6/c2*1-9(2)16-14-10(3)11(4)15-13-8-6-5-7-12(13)14;1-9(2)15-10(3)14-11-7-6-8-13(4,5)12(11)15;1-7(2)15-11(16)6-5-10-8(3)13-9(4)14-12(10)15;1-8(2)14-9(3)13-11-7-5-4-6-10(11)12(14)15;1-8(2)14-10(4)13-11-7-5-6-9(3)12(11)14;1-8(2)12(4)10-9(3)6-5-7-11-10;1-6(2)11-8(4)7(3)10-9(11)5;1-5(2)10-7(4)8-6(3)9-10;3*1-2/h9H,5-8H2,1-4H3;5-9H,1-4H3;9H,6-8H2,1-5H3;7H,5-6H2,1-4H3;4-8H,1-3H3;5-8H,1-4H3;5-8H,1-4H3;6H,1-5H3;5H,1-4H3;3*1-2H3. The molecule has 9 aromatic heterocycles. The monoisotopic (exact) mass is 1800 g/mol. The lowest BCUT2D eigenvalue weighted by Gasteiger charge is -2.32. The summed E-state index contributed by atoms with van der Waals surface area (Å²) < 4.78 is 22.5. The Bertz CT molecular complexity index is 5650. The molecule has 1 amide bonds. The minimum atomic E-state index is 0.0492. The second-order valence-electron chi connectivity index (χ2n) is 36.9. The number of amides is 1. The van der Waals surface area contributed by atoms with E-state index in [1.807, 2.05) is 184 Å². The van der Waals surface area contributed by atoms with Gasteiger partial charge in [0.1, 0.15) is 63.9 Å². The van der Waals surface area contributed by atoms with E-state index in [1.165, 1.54) is 88.5 Å². The Morgan fingerprint density at radius 3 is 1.40 bits per heavy atom. The Balaban J connectivity index is 0.000000307. The Hall–Kier alpha value is -10.5. The highest BCUT2D eigenvalue weighted by molar-refractivity contribution is 5.96. The second-order valence-corrected chi connectivity index (χ2v) is 36.9.